The first-order chi connectivity index (χ1) is 7.47. The molecule has 0 spiro atoms. The van der Waals surface area contributed by atoms with Gasteiger partial charge in [0.15, 0.2) is 5.78 Å². The molecule has 1 aliphatic rings. The molecule has 3 nitrogen and oxygen atoms in total. The van der Waals surface area contributed by atoms with Gasteiger partial charge in [0.1, 0.15) is 17.0 Å². The zero-order valence-electron chi connectivity index (χ0n) is 8.17. The van der Waals surface area contributed by atoms with Gasteiger partial charge in [0.05, 0.1) is 5.56 Å². The van der Waals surface area contributed by atoms with Crippen molar-refractivity contribution in [1.82, 2.24) is 0 Å². The van der Waals surface area contributed by atoms with E-state index < -0.39 is 28.8 Å². The van der Waals surface area contributed by atoms with Crippen molar-refractivity contribution in [3.63, 3.8) is 0 Å². The van der Waals surface area contributed by atoms with Gasteiger partial charge in [0.2, 0.25) is 0 Å². The number of ketones is 1. The Morgan fingerprint density at radius 1 is 1.25 bits per heavy atom. The molecular formula is C11H8F2O3. The van der Waals surface area contributed by atoms with E-state index >= 15 is 0 Å². The van der Waals surface area contributed by atoms with Crippen molar-refractivity contribution < 1.29 is 23.5 Å². The monoisotopic (exact) mass is 226 g/mol. The lowest BCUT2D eigenvalue weighted by molar-refractivity contribution is -0.141. The van der Waals surface area contributed by atoms with Crippen molar-refractivity contribution in [1.29, 1.82) is 0 Å². The van der Waals surface area contributed by atoms with Crippen LogP contribution in [-0.2, 0) is 4.79 Å². The molecule has 1 N–H and O–H groups in total. The molecule has 0 radical (unpaired) electrons. The Labute approximate surface area is 89.7 Å². The lowest BCUT2D eigenvalue weighted by atomic mass is 9.94. The molecule has 16 heavy (non-hydrogen) atoms. The van der Waals surface area contributed by atoms with Crippen molar-refractivity contribution in [2.24, 2.45) is 5.41 Å². The zero-order chi connectivity index (χ0) is 11.9. The summed E-state index contributed by atoms with van der Waals surface area (Å²) >= 11 is 0. The van der Waals surface area contributed by atoms with Gasteiger partial charge < -0.3 is 5.11 Å². The molecule has 0 aliphatic heterocycles. The number of hydrogen-bond donors (Lipinski definition) is 1. The van der Waals surface area contributed by atoms with Crippen molar-refractivity contribution in [3.8, 4) is 0 Å². The molecule has 1 aromatic rings. The maximum atomic E-state index is 13.3. The van der Waals surface area contributed by atoms with E-state index in [1.807, 2.05) is 0 Å². The van der Waals surface area contributed by atoms with Gasteiger partial charge in [-0.3, -0.25) is 9.59 Å². The van der Waals surface area contributed by atoms with E-state index in [0.29, 0.717) is 6.07 Å². The summed E-state index contributed by atoms with van der Waals surface area (Å²) in [6, 6.07) is 2.50. The SMILES string of the molecule is O=C(O)C1(C(=O)c2ccc(F)cc2F)CC1. The Bertz CT molecular complexity index is 478. The highest BCUT2D eigenvalue weighted by Crippen LogP contribution is 2.48. The molecule has 0 bridgehead atoms. The first kappa shape index (κ1) is 10.7. The summed E-state index contributed by atoms with van der Waals surface area (Å²) in [6.45, 7) is 0. The maximum absolute atomic E-state index is 13.3. The Morgan fingerprint density at radius 3 is 2.31 bits per heavy atom. The maximum Gasteiger partial charge on any atom is 0.317 e. The van der Waals surface area contributed by atoms with Crippen LogP contribution in [0.3, 0.4) is 0 Å². The summed E-state index contributed by atoms with van der Waals surface area (Å²) < 4.78 is 25.9. The third kappa shape index (κ3) is 1.48. The third-order valence-corrected chi connectivity index (χ3v) is 2.77. The van der Waals surface area contributed by atoms with Gasteiger partial charge in [0.25, 0.3) is 0 Å². The van der Waals surface area contributed by atoms with Gasteiger partial charge >= 0.3 is 5.97 Å². The van der Waals surface area contributed by atoms with E-state index in [-0.39, 0.29) is 18.4 Å². The van der Waals surface area contributed by atoms with Crippen LogP contribution in [0.2, 0.25) is 0 Å². The number of carboxylic acid groups (broad SMARTS) is 1. The molecule has 0 saturated heterocycles. The fraction of sp³-hybridized carbons (Fsp3) is 0.273. The molecule has 5 heteroatoms. The summed E-state index contributed by atoms with van der Waals surface area (Å²) in [5.74, 6) is -3.84. The Kier molecular flexibility index (Phi) is 2.26. The molecule has 1 saturated carbocycles. The van der Waals surface area contributed by atoms with E-state index in [4.69, 9.17) is 5.11 Å². The van der Waals surface area contributed by atoms with Crippen LogP contribution >= 0.6 is 0 Å². The fourth-order valence-electron chi connectivity index (χ4n) is 1.59. The minimum Gasteiger partial charge on any atom is -0.480 e. The Hall–Kier alpha value is -1.78. The molecule has 0 aromatic heterocycles. The predicted molar refractivity (Wildman–Crippen MR) is 50.0 cm³/mol. The Morgan fingerprint density at radius 2 is 1.88 bits per heavy atom. The van der Waals surface area contributed by atoms with Gasteiger partial charge in [-0.2, -0.15) is 0 Å². The van der Waals surface area contributed by atoms with Crippen LogP contribution in [0.15, 0.2) is 18.2 Å². The van der Waals surface area contributed by atoms with Crippen LogP contribution in [-0.4, -0.2) is 16.9 Å². The van der Waals surface area contributed by atoms with Gasteiger partial charge in [0, 0.05) is 6.07 Å². The van der Waals surface area contributed by atoms with Gasteiger partial charge in [-0.1, -0.05) is 0 Å². The average Bonchev–Trinajstić information content (AvgIpc) is 2.97. The number of Topliss-reactive ketones (excluding diaryl/α,β-unsaturated/α-hetero) is 1. The topological polar surface area (TPSA) is 54.4 Å². The summed E-state index contributed by atoms with van der Waals surface area (Å²) in [4.78, 5) is 22.6. The molecule has 2 rings (SSSR count). The largest absolute Gasteiger partial charge is 0.480 e. The number of carbonyl (C=O) groups is 2. The van der Waals surface area contributed by atoms with Crippen LogP contribution in [0.5, 0.6) is 0 Å². The molecule has 0 atom stereocenters. The second-order valence-electron chi connectivity index (χ2n) is 3.84. The number of carbonyl (C=O) groups excluding carboxylic acids is 1. The summed E-state index contributed by atoms with van der Waals surface area (Å²) in [6.07, 6.45) is 0.413. The second kappa shape index (κ2) is 3.37. The van der Waals surface area contributed by atoms with E-state index in [0.717, 1.165) is 12.1 Å². The van der Waals surface area contributed by atoms with E-state index in [1.165, 1.54) is 0 Å². The molecule has 1 fully saturated rings. The van der Waals surface area contributed by atoms with Gasteiger partial charge in [-0.05, 0) is 25.0 Å². The lowest BCUT2D eigenvalue weighted by Crippen LogP contribution is -2.26. The fourth-order valence-corrected chi connectivity index (χ4v) is 1.59. The van der Waals surface area contributed by atoms with E-state index in [1.54, 1.807) is 0 Å². The lowest BCUT2D eigenvalue weighted by Gasteiger charge is -2.08. The third-order valence-electron chi connectivity index (χ3n) is 2.77. The summed E-state index contributed by atoms with van der Waals surface area (Å²) in [5.41, 5.74) is -1.85. The Balaban J connectivity index is 2.39. The molecular weight excluding hydrogens is 218 g/mol. The van der Waals surface area contributed by atoms with Crippen LogP contribution in [0.1, 0.15) is 23.2 Å². The van der Waals surface area contributed by atoms with Crippen LogP contribution < -0.4 is 0 Å². The number of benzene rings is 1. The second-order valence-corrected chi connectivity index (χ2v) is 3.84. The highest BCUT2D eigenvalue weighted by atomic mass is 19.1. The van der Waals surface area contributed by atoms with Crippen LogP contribution in [0.4, 0.5) is 8.78 Å². The quantitative estimate of drug-likeness (QED) is 0.633. The predicted octanol–water partition coefficient (Wildman–Crippen LogP) is 2.01. The number of hydrogen-bond acceptors (Lipinski definition) is 2. The first-order valence-electron chi connectivity index (χ1n) is 4.70. The van der Waals surface area contributed by atoms with Crippen molar-refractivity contribution >= 4 is 11.8 Å². The van der Waals surface area contributed by atoms with Gasteiger partial charge in [-0.15, -0.1) is 0 Å². The number of aliphatic carboxylic acids is 1. The number of rotatable bonds is 3. The summed E-state index contributed by atoms with van der Waals surface area (Å²) in [5, 5.41) is 8.86. The number of carboxylic acids is 1. The highest BCUT2D eigenvalue weighted by Gasteiger charge is 2.57. The molecule has 84 valence electrons. The minimum atomic E-state index is -1.49. The summed E-state index contributed by atoms with van der Waals surface area (Å²) in [7, 11) is 0. The standard InChI is InChI=1S/C11H8F2O3/c12-6-1-2-7(8(13)5-6)9(14)11(3-4-11)10(15)16/h1-2,5H,3-4H2,(H,15,16). The number of halogens is 2. The van der Waals surface area contributed by atoms with Crippen molar-refractivity contribution in [2.75, 3.05) is 0 Å². The minimum absolute atomic E-state index is 0.206. The van der Waals surface area contributed by atoms with Crippen molar-refractivity contribution in [2.45, 2.75) is 12.8 Å². The smallest absolute Gasteiger partial charge is 0.317 e. The average molecular weight is 226 g/mol. The molecule has 1 aromatic carbocycles. The van der Waals surface area contributed by atoms with Crippen molar-refractivity contribution in [3.05, 3.63) is 35.4 Å². The highest BCUT2D eigenvalue weighted by molar-refractivity contribution is 6.14. The normalized spacial score (nSPS) is 16.9. The first-order valence-corrected chi connectivity index (χ1v) is 4.70. The van der Waals surface area contributed by atoms with Crippen LogP contribution in [0, 0.1) is 17.0 Å². The van der Waals surface area contributed by atoms with Crippen LogP contribution in [0.25, 0.3) is 0 Å². The molecule has 1 aliphatic carbocycles. The molecule has 0 heterocycles. The zero-order valence-corrected chi connectivity index (χ0v) is 8.17. The van der Waals surface area contributed by atoms with Gasteiger partial charge in [-0.25, -0.2) is 8.78 Å². The van der Waals surface area contributed by atoms with E-state index in [2.05, 4.69) is 0 Å². The van der Waals surface area contributed by atoms with E-state index in [9.17, 15) is 18.4 Å². The molecule has 0 unspecified atom stereocenters. The molecule has 0 amide bonds.